The molecule has 1 heterocycles. The van der Waals surface area contributed by atoms with Gasteiger partial charge in [-0.3, -0.25) is 4.79 Å². The Morgan fingerprint density at radius 3 is 2.04 bits per heavy atom. The van der Waals surface area contributed by atoms with E-state index in [1.165, 1.54) is 77.0 Å². The predicted molar refractivity (Wildman–Crippen MR) is 205 cm³/mol. The summed E-state index contributed by atoms with van der Waals surface area (Å²) in [6, 6.07) is 0. The van der Waals surface area contributed by atoms with Crippen LogP contribution in [0.3, 0.4) is 0 Å². The van der Waals surface area contributed by atoms with Crippen LogP contribution in [-0.4, -0.2) is 76.5 Å². The molecule has 292 valence electrons. The van der Waals surface area contributed by atoms with Gasteiger partial charge in [-0.15, -0.1) is 0 Å². The molecule has 2 atom stereocenters. The topological polar surface area (TPSA) is 83.5 Å². The lowest BCUT2D eigenvalue weighted by atomic mass is 10.0. The number of allylic oxidation sites excluding steroid dienone is 4. The zero-order chi connectivity index (χ0) is 36.2. The van der Waals surface area contributed by atoms with Crippen LogP contribution in [0.1, 0.15) is 174 Å². The van der Waals surface area contributed by atoms with Crippen molar-refractivity contribution in [1.29, 1.82) is 0 Å². The molecule has 0 saturated carbocycles. The van der Waals surface area contributed by atoms with Crippen LogP contribution in [0.15, 0.2) is 24.3 Å². The largest absolute Gasteiger partial charge is 0.508 e. The van der Waals surface area contributed by atoms with Crippen LogP contribution < -0.4 is 0 Å². The number of hydrogen-bond donors (Lipinski definition) is 0. The molecule has 0 aromatic carbocycles. The predicted octanol–water partition coefficient (Wildman–Crippen LogP) is 11.3. The zero-order valence-corrected chi connectivity index (χ0v) is 32.7. The second-order valence-corrected chi connectivity index (χ2v) is 14.3. The minimum absolute atomic E-state index is 0.0224. The average molecular weight is 708 g/mol. The van der Waals surface area contributed by atoms with Crippen molar-refractivity contribution in [3.63, 3.8) is 0 Å². The molecule has 8 heteroatoms. The summed E-state index contributed by atoms with van der Waals surface area (Å²) in [5, 5.41) is 0. The van der Waals surface area contributed by atoms with E-state index < -0.39 is 6.16 Å². The molecule has 0 N–H and O–H groups in total. The Labute approximate surface area is 307 Å². The van der Waals surface area contributed by atoms with Crippen LogP contribution in [-0.2, 0) is 28.5 Å². The summed E-state index contributed by atoms with van der Waals surface area (Å²) in [5.74, 6) is -0.158. The molecule has 0 spiro atoms. The molecule has 0 aromatic heterocycles. The average Bonchev–Trinajstić information content (AvgIpc) is 3.11. The van der Waals surface area contributed by atoms with Gasteiger partial charge in [-0.1, -0.05) is 102 Å². The molecule has 1 rings (SSSR count). The van der Waals surface area contributed by atoms with Gasteiger partial charge in [-0.05, 0) is 97.6 Å². The van der Waals surface area contributed by atoms with E-state index in [1.54, 1.807) is 0 Å². The summed E-state index contributed by atoms with van der Waals surface area (Å²) < 4.78 is 27.9. The summed E-state index contributed by atoms with van der Waals surface area (Å²) in [6.07, 6.45) is 36.1. The van der Waals surface area contributed by atoms with Crippen LogP contribution in [0.2, 0.25) is 0 Å². The molecule has 0 amide bonds. The van der Waals surface area contributed by atoms with Crippen molar-refractivity contribution < 1.29 is 33.3 Å². The molecular formula is C42H77NO7. The van der Waals surface area contributed by atoms with Gasteiger partial charge >= 0.3 is 12.1 Å². The lowest BCUT2D eigenvalue weighted by molar-refractivity contribution is -0.162. The zero-order valence-electron chi connectivity index (χ0n) is 32.7. The smallest absolute Gasteiger partial charge is 0.466 e. The summed E-state index contributed by atoms with van der Waals surface area (Å²) in [7, 11) is 3.99. The van der Waals surface area contributed by atoms with E-state index in [1.807, 2.05) is 14.1 Å². The number of carbonyl (C=O) groups is 2. The van der Waals surface area contributed by atoms with Crippen molar-refractivity contribution in [1.82, 2.24) is 4.90 Å². The van der Waals surface area contributed by atoms with E-state index in [0.717, 1.165) is 96.8 Å². The van der Waals surface area contributed by atoms with Gasteiger partial charge in [0.25, 0.3) is 0 Å². The van der Waals surface area contributed by atoms with E-state index in [9.17, 15) is 9.59 Å². The molecule has 1 aliphatic heterocycles. The molecule has 50 heavy (non-hydrogen) atoms. The summed E-state index contributed by atoms with van der Waals surface area (Å²) in [5.41, 5.74) is 0. The van der Waals surface area contributed by atoms with Gasteiger partial charge in [0.05, 0.1) is 13.2 Å². The molecule has 0 aromatic rings. The number of hydrogen-bond acceptors (Lipinski definition) is 8. The SMILES string of the molecule is CCCCC/C=C\C/C=C\CCCCCCCC(=O)OCCC(CCCCCCCCCCOC1CCCCO1)OC(=O)OCCCN(C)C. The van der Waals surface area contributed by atoms with Gasteiger partial charge in [0, 0.05) is 32.6 Å². The second kappa shape index (κ2) is 35.5. The highest BCUT2D eigenvalue weighted by Crippen LogP contribution is 2.17. The van der Waals surface area contributed by atoms with E-state index in [4.69, 9.17) is 23.7 Å². The van der Waals surface area contributed by atoms with E-state index in [0.29, 0.717) is 19.4 Å². The van der Waals surface area contributed by atoms with Crippen LogP contribution in [0.25, 0.3) is 0 Å². The molecule has 0 aliphatic carbocycles. The lowest BCUT2D eigenvalue weighted by Gasteiger charge is -2.22. The summed E-state index contributed by atoms with van der Waals surface area (Å²) >= 11 is 0. The molecule has 0 bridgehead atoms. The maximum Gasteiger partial charge on any atom is 0.508 e. The molecule has 1 saturated heterocycles. The van der Waals surface area contributed by atoms with Gasteiger partial charge in [0.15, 0.2) is 6.29 Å². The van der Waals surface area contributed by atoms with Crippen molar-refractivity contribution in [3.05, 3.63) is 24.3 Å². The van der Waals surface area contributed by atoms with Crippen molar-refractivity contribution in [3.8, 4) is 0 Å². The van der Waals surface area contributed by atoms with Crippen molar-refractivity contribution in [2.45, 2.75) is 186 Å². The lowest BCUT2D eigenvalue weighted by Crippen LogP contribution is -2.23. The summed E-state index contributed by atoms with van der Waals surface area (Å²) in [6.45, 7) is 5.34. The molecular weight excluding hydrogens is 630 g/mol. The minimum atomic E-state index is -0.621. The number of carbonyl (C=O) groups excluding carboxylic acids is 2. The van der Waals surface area contributed by atoms with Crippen molar-refractivity contribution in [2.24, 2.45) is 0 Å². The number of nitrogens with zero attached hydrogens (tertiary/aromatic N) is 1. The highest BCUT2D eigenvalue weighted by Gasteiger charge is 2.17. The number of esters is 1. The first kappa shape index (κ1) is 46.1. The Kier molecular flexibility index (Phi) is 32.7. The third kappa shape index (κ3) is 32.0. The quantitative estimate of drug-likeness (QED) is 0.0371. The minimum Gasteiger partial charge on any atom is -0.466 e. The standard InChI is InChI=1S/C42H77NO7/c1-4-5-6-7-8-9-10-11-12-13-14-15-19-22-25-31-40(44)46-38-33-39(50-42(45)49-37-29-34-43(2)3)30-24-21-18-16-17-20-23-27-35-47-41-32-26-28-36-48-41/h8-9,11-12,39,41H,4-7,10,13-38H2,1-3H3/b9-8-,12-11-. The fraction of sp³-hybridized carbons (Fsp3) is 0.857. The molecule has 1 aliphatic rings. The maximum atomic E-state index is 12.3. The first-order valence-corrected chi connectivity index (χ1v) is 20.7. The van der Waals surface area contributed by atoms with Crippen molar-refractivity contribution in [2.75, 3.05) is 47.1 Å². The Balaban J connectivity index is 2.14. The van der Waals surface area contributed by atoms with Crippen LogP contribution in [0, 0.1) is 0 Å². The Hall–Kier alpha value is -1.90. The monoisotopic (exact) mass is 708 g/mol. The Morgan fingerprint density at radius 1 is 0.700 bits per heavy atom. The van der Waals surface area contributed by atoms with Crippen LogP contribution in [0.5, 0.6) is 0 Å². The van der Waals surface area contributed by atoms with Gasteiger partial charge < -0.3 is 28.6 Å². The van der Waals surface area contributed by atoms with Crippen LogP contribution >= 0.6 is 0 Å². The van der Waals surface area contributed by atoms with Gasteiger partial charge in [0.2, 0.25) is 0 Å². The van der Waals surface area contributed by atoms with E-state index in [-0.39, 0.29) is 25.0 Å². The fourth-order valence-corrected chi connectivity index (χ4v) is 6.02. The second-order valence-electron chi connectivity index (χ2n) is 14.3. The first-order valence-electron chi connectivity index (χ1n) is 20.7. The number of ether oxygens (including phenoxy) is 5. The molecule has 8 nitrogen and oxygen atoms in total. The summed E-state index contributed by atoms with van der Waals surface area (Å²) in [4.78, 5) is 26.7. The van der Waals surface area contributed by atoms with Crippen molar-refractivity contribution >= 4 is 12.1 Å². The normalized spacial score (nSPS) is 15.6. The first-order chi connectivity index (χ1) is 24.5. The Bertz CT molecular complexity index is 825. The van der Waals surface area contributed by atoms with E-state index in [2.05, 4.69) is 36.1 Å². The van der Waals surface area contributed by atoms with E-state index >= 15 is 0 Å². The number of rotatable bonds is 34. The maximum absolute atomic E-state index is 12.3. The van der Waals surface area contributed by atoms with Gasteiger partial charge in [-0.25, -0.2) is 4.79 Å². The Morgan fingerprint density at radius 2 is 1.36 bits per heavy atom. The third-order valence-corrected chi connectivity index (χ3v) is 9.13. The van der Waals surface area contributed by atoms with Crippen LogP contribution in [0.4, 0.5) is 4.79 Å². The van der Waals surface area contributed by atoms with Gasteiger partial charge in [0.1, 0.15) is 6.10 Å². The fourth-order valence-electron chi connectivity index (χ4n) is 6.02. The number of unbranched alkanes of at least 4 members (excludes halogenated alkanes) is 15. The molecule has 2 unspecified atom stereocenters. The third-order valence-electron chi connectivity index (χ3n) is 9.13. The van der Waals surface area contributed by atoms with Gasteiger partial charge in [-0.2, -0.15) is 0 Å². The molecule has 1 fully saturated rings. The highest BCUT2D eigenvalue weighted by atomic mass is 16.7. The highest BCUT2D eigenvalue weighted by molar-refractivity contribution is 5.69. The molecule has 0 radical (unpaired) electrons.